The van der Waals surface area contributed by atoms with Crippen molar-refractivity contribution in [1.82, 2.24) is 0 Å². The van der Waals surface area contributed by atoms with E-state index >= 15 is 0 Å². The highest BCUT2D eigenvalue weighted by atomic mass is 16.8. The monoisotopic (exact) mass is 159 g/mol. The predicted octanol–water partition coefficient (Wildman–Crippen LogP) is -0.153. The molecule has 2 atom stereocenters. The first-order valence-corrected chi connectivity index (χ1v) is 3.41. The molecule has 0 fully saturated rings. The van der Waals surface area contributed by atoms with Crippen LogP contribution in [0, 0.1) is 0 Å². The molecule has 0 radical (unpaired) electrons. The first-order valence-electron chi connectivity index (χ1n) is 3.41. The predicted molar refractivity (Wildman–Crippen MR) is 39.8 cm³/mol. The Hall–Kier alpha value is -0.420. The van der Waals surface area contributed by atoms with Crippen LogP contribution in [0.3, 0.4) is 0 Å². The van der Waals surface area contributed by atoms with E-state index in [-0.39, 0.29) is 6.29 Å². The second-order valence-electron chi connectivity index (χ2n) is 2.30. The molecule has 0 saturated heterocycles. The van der Waals surface area contributed by atoms with Crippen LogP contribution in [0.25, 0.3) is 0 Å². The molecule has 0 aromatic heterocycles. The average Bonchev–Trinajstić information content (AvgIpc) is 2.49. The zero-order valence-electron chi connectivity index (χ0n) is 6.74. The van der Waals surface area contributed by atoms with Crippen molar-refractivity contribution in [3.63, 3.8) is 0 Å². The molecule has 0 amide bonds. The van der Waals surface area contributed by atoms with Crippen LogP contribution in [0.5, 0.6) is 0 Å². The van der Waals surface area contributed by atoms with E-state index in [1.54, 1.807) is 26.4 Å². The minimum Gasteiger partial charge on any atom is -0.352 e. The van der Waals surface area contributed by atoms with Crippen molar-refractivity contribution >= 4 is 0 Å². The van der Waals surface area contributed by atoms with E-state index < -0.39 is 5.79 Å². The normalized spacial score (nSPS) is 36.5. The summed E-state index contributed by atoms with van der Waals surface area (Å²) in [7, 11) is 3.12. The van der Waals surface area contributed by atoms with Crippen molar-refractivity contribution in [2.75, 3.05) is 20.8 Å². The largest absolute Gasteiger partial charge is 0.352 e. The van der Waals surface area contributed by atoms with Crippen molar-refractivity contribution in [2.24, 2.45) is 5.73 Å². The highest BCUT2D eigenvalue weighted by molar-refractivity contribution is 5.05. The molecule has 1 rings (SSSR count). The van der Waals surface area contributed by atoms with Gasteiger partial charge in [0, 0.05) is 14.2 Å². The molecule has 11 heavy (non-hydrogen) atoms. The number of ether oxygens (including phenoxy) is 3. The topological polar surface area (TPSA) is 53.7 Å². The van der Waals surface area contributed by atoms with Crippen LogP contribution < -0.4 is 5.73 Å². The molecule has 64 valence electrons. The van der Waals surface area contributed by atoms with Crippen molar-refractivity contribution in [3.8, 4) is 0 Å². The fourth-order valence-electron chi connectivity index (χ4n) is 0.943. The van der Waals surface area contributed by atoms with Gasteiger partial charge in [-0.15, -0.1) is 0 Å². The zero-order chi connectivity index (χ0) is 8.32. The van der Waals surface area contributed by atoms with E-state index in [0.717, 1.165) is 0 Å². The Bertz CT molecular complexity index is 154. The van der Waals surface area contributed by atoms with E-state index in [1.807, 2.05) is 0 Å². The summed E-state index contributed by atoms with van der Waals surface area (Å²) in [5, 5.41) is 0. The van der Waals surface area contributed by atoms with Gasteiger partial charge in [0.2, 0.25) is 5.79 Å². The van der Waals surface area contributed by atoms with Gasteiger partial charge in [0.15, 0.2) is 6.29 Å². The summed E-state index contributed by atoms with van der Waals surface area (Å²) in [5.74, 6) is -0.777. The van der Waals surface area contributed by atoms with Crippen LogP contribution in [-0.4, -0.2) is 32.8 Å². The summed E-state index contributed by atoms with van der Waals surface area (Å²) >= 11 is 0. The van der Waals surface area contributed by atoms with Crippen LogP contribution in [0.2, 0.25) is 0 Å². The van der Waals surface area contributed by atoms with Crippen LogP contribution in [0.15, 0.2) is 12.2 Å². The molecule has 1 aliphatic heterocycles. The van der Waals surface area contributed by atoms with Gasteiger partial charge in [-0.05, 0) is 12.2 Å². The molecule has 0 saturated carbocycles. The highest BCUT2D eigenvalue weighted by Crippen LogP contribution is 2.22. The summed E-state index contributed by atoms with van der Waals surface area (Å²) in [5.41, 5.74) is 5.44. The molecular weight excluding hydrogens is 146 g/mol. The number of hydrogen-bond donors (Lipinski definition) is 1. The van der Waals surface area contributed by atoms with Gasteiger partial charge in [0.1, 0.15) is 0 Å². The van der Waals surface area contributed by atoms with Crippen LogP contribution in [0.1, 0.15) is 0 Å². The molecule has 4 heteroatoms. The van der Waals surface area contributed by atoms with E-state index in [0.29, 0.717) is 6.54 Å². The minimum atomic E-state index is -0.777. The van der Waals surface area contributed by atoms with Crippen LogP contribution in [-0.2, 0) is 14.2 Å². The summed E-state index contributed by atoms with van der Waals surface area (Å²) in [6.07, 6.45) is 3.20. The lowest BCUT2D eigenvalue weighted by atomic mass is 10.3. The summed E-state index contributed by atoms with van der Waals surface area (Å²) in [4.78, 5) is 0. The first-order chi connectivity index (χ1) is 5.26. The Labute approximate surface area is 65.9 Å². The van der Waals surface area contributed by atoms with Crippen LogP contribution in [0.4, 0.5) is 0 Å². The molecule has 0 aromatic carbocycles. The molecular formula is C7H13NO3. The van der Waals surface area contributed by atoms with Crippen molar-refractivity contribution in [1.29, 1.82) is 0 Å². The molecule has 1 heterocycles. The third-order valence-corrected chi connectivity index (χ3v) is 1.69. The van der Waals surface area contributed by atoms with Gasteiger partial charge >= 0.3 is 0 Å². The second kappa shape index (κ2) is 3.32. The van der Waals surface area contributed by atoms with Crippen molar-refractivity contribution in [3.05, 3.63) is 12.2 Å². The molecule has 1 aliphatic rings. The van der Waals surface area contributed by atoms with Gasteiger partial charge in [0.05, 0.1) is 6.54 Å². The number of rotatable bonds is 3. The fourth-order valence-corrected chi connectivity index (χ4v) is 0.943. The van der Waals surface area contributed by atoms with Gasteiger partial charge in [-0.25, -0.2) is 0 Å². The lowest BCUT2D eigenvalue weighted by Gasteiger charge is -2.24. The summed E-state index contributed by atoms with van der Waals surface area (Å²) in [6, 6.07) is 0. The maximum atomic E-state index is 5.44. The molecule has 4 nitrogen and oxygen atoms in total. The average molecular weight is 159 g/mol. The van der Waals surface area contributed by atoms with Gasteiger partial charge in [-0.2, -0.15) is 0 Å². The molecule has 0 aliphatic carbocycles. The second-order valence-corrected chi connectivity index (χ2v) is 2.30. The number of hydrogen-bond acceptors (Lipinski definition) is 4. The first kappa shape index (κ1) is 8.67. The van der Waals surface area contributed by atoms with E-state index in [9.17, 15) is 0 Å². The Morgan fingerprint density at radius 3 is 2.64 bits per heavy atom. The number of nitrogens with two attached hydrogens (primary N) is 1. The lowest BCUT2D eigenvalue weighted by molar-refractivity contribution is -0.236. The Kier molecular flexibility index (Phi) is 2.62. The number of methoxy groups -OCH3 is 2. The van der Waals surface area contributed by atoms with Gasteiger partial charge in [0.25, 0.3) is 0 Å². The highest BCUT2D eigenvalue weighted by Gasteiger charge is 2.34. The molecule has 0 aromatic rings. The van der Waals surface area contributed by atoms with Crippen LogP contribution >= 0.6 is 0 Å². The Morgan fingerprint density at radius 1 is 1.64 bits per heavy atom. The third-order valence-electron chi connectivity index (χ3n) is 1.69. The third kappa shape index (κ3) is 1.59. The minimum absolute atomic E-state index is 0.292. The smallest absolute Gasteiger partial charge is 0.203 e. The molecule has 0 bridgehead atoms. The van der Waals surface area contributed by atoms with E-state index in [4.69, 9.17) is 19.9 Å². The van der Waals surface area contributed by atoms with Gasteiger partial charge < -0.3 is 19.9 Å². The zero-order valence-corrected chi connectivity index (χ0v) is 6.74. The van der Waals surface area contributed by atoms with Crippen molar-refractivity contribution in [2.45, 2.75) is 12.1 Å². The molecule has 0 unspecified atom stereocenters. The Morgan fingerprint density at radius 2 is 2.36 bits per heavy atom. The fraction of sp³-hybridized carbons (Fsp3) is 0.714. The maximum absolute atomic E-state index is 5.44. The molecule has 0 spiro atoms. The Balaban J connectivity index is 2.57. The standard InChI is InChI=1S/C7H13NO3/c1-9-6-3-4-7(5-8,10-2)11-6/h3-4,6H,5,8H2,1-2H3/t6-,7+/m0/s1. The summed E-state index contributed by atoms with van der Waals surface area (Å²) < 4.78 is 15.3. The van der Waals surface area contributed by atoms with E-state index in [2.05, 4.69) is 0 Å². The lowest BCUT2D eigenvalue weighted by Crippen LogP contribution is -2.40. The van der Waals surface area contributed by atoms with E-state index in [1.165, 1.54) is 0 Å². The van der Waals surface area contributed by atoms with Crippen molar-refractivity contribution < 1.29 is 14.2 Å². The van der Waals surface area contributed by atoms with Gasteiger partial charge in [-0.3, -0.25) is 0 Å². The summed E-state index contributed by atoms with van der Waals surface area (Å²) in [6.45, 7) is 0.292. The quantitative estimate of drug-likeness (QED) is 0.582. The SMILES string of the molecule is CO[C@@H]1C=C[C@@](CN)(OC)O1. The van der Waals surface area contributed by atoms with Gasteiger partial charge in [-0.1, -0.05) is 0 Å². The molecule has 2 N–H and O–H groups in total. The maximum Gasteiger partial charge on any atom is 0.203 e.